The number of aromatic hydroxyl groups is 1. The SMILES string of the molecule is CC(CCc1ccc(O)cc1)Nc1cc(Br)cnc1Cl. The van der Waals surface area contributed by atoms with Gasteiger partial charge in [0.15, 0.2) is 5.15 Å². The van der Waals surface area contributed by atoms with E-state index in [1.807, 2.05) is 18.2 Å². The van der Waals surface area contributed by atoms with Crippen molar-refractivity contribution in [2.24, 2.45) is 0 Å². The molecular weight excluding hydrogens is 340 g/mol. The molecule has 0 amide bonds. The van der Waals surface area contributed by atoms with Crippen LogP contribution in [-0.2, 0) is 6.42 Å². The van der Waals surface area contributed by atoms with Crippen molar-refractivity contribution in [3.05, 3.63) is 51.7 Å². The molecule has 1 aromatic heterocycles. The Morgan fingerprint density at radius 2 is 2.05 bits per heavy atom. The van der Waals surface area contributed by atoms with Crippen molar-refractivity contribution in [1.82, 2.24) is 4.98 Å². The highest BCUT2D eigenvalue weighted by Gasteiger charge is 2.07. The normalized spacial score (nSPS) is 12.2. The third kappa shape index (κ3) is 4.39. The molecule has 0 saturated carbocycles. The Kier molecular flexibility index (Phi) is 5.26. The molecular formula is C15H16BrClN2O. The number of rotatable bonds is 5. The summed E-state index contributed by atoms with van der Waals surface area (Å²) in [5.41, 5.74) is 2.04. The van der Waals surface area contributed by atoms with Gasteiger partial charge in [0.05, 0.1) is 5.69 Å². The van der Waals surface area contributed by atoms with Gasteiger partial charge in [-0.2, -0.15) is 0 Å². The summed E-state index contributed by atoms with van der Waals surface area (Å²) in [5, 5.41) is 13.1. The zero-order chi connectivity index (χ0) is 14.5. The minimum absolute atomic E-state index is 0.275. The molecule has 3 nitrogen and oxygen atoms in total. The molecule has 1 unspecified atom stereocenters. The summed E-state index contributed by atoms with van der Waals surface area (Å²) in [6, 6.07) is 9.50. The number of anilines is 1. The Morgan fingerprint density at radius 1 is 1.35 bits per heavy atom. The van der Waals surface area contributed by atoms with Crippen molar-refractivity contribution in [2.45, 2.75) is 25.8 Å². The molecule has 20 heavy (non-hydrogen) atoms. The number of nitrogens with zero attached hydrogens (tertiary/aromatic N) is 1. The minimum atomic E-state index is 0.275. The fourth-order valence-corrected chi connectivity index (χ4v) is 2.40. The van der Waals surface area contributed by atoms with E-state index >= 15 is 0 Å². The summed E-state index contributed by atoms with van der Waals surface area (Å²) in [7, 11) is 0. The standard InChI is InChI=1S/C15H16BrClN2O/c1-10(2-3-11-4-6-13(20)7-5-11)19-14-8-12(16)9-18-15(14)17/h4-10,19-20H,2-3H2,1H3. The molecule has 106 valence electrons. The Labute approximate surface area is 132 Å². The van der Waals surface area contributed by atoms with Crippen LogP contribution in [0.15, 0.2) is 41.0 Å². The van der Waals surface area contributed by atoms with Gasteiger partial charge in [0.25, 0.3) is 0 Å². The number of hydrogen-bond donors (Lipinski definition) is 2. The van der Waals surface area contributed by atoms with Crippen LogP contribution in [0.3, 0.4) is 0 Å². The maximum atomic E-state index is 9.25. The second-order valence-corrected chi connectivity index (χ2v) is 6.02. The third-order valence-electron chi connectivity index (χ3n) is 3.01. The quantitative estimate of drug-likeness (QED) is 0.768. The lowest BCUT2D eigenvalue weighted by atomic mass is 10.1. The molecule has 2 aromatic rings. The molecule has 0 aliphatic heterocycles. The highest BCUT2D eigenvalue weighted by atomic mass is 79.9. The third-order valence-corrected chi connectivity index (χ3v) is 3.74. The van der Waals surface area contributed by atoms with Crippen molar-refractivity contribution in [3.8, 4) is 5.75 Å². The average molecular weight is 356 g/mol. The minimum Gasteiger partial charge on any atom is -0.508 e. The number of nitrogens with one attached hydrogen (secondary N) is 1. The maximum Gasteiger partial charge on any atom is 0.152 e. The Hall–Kier alpha value is -1.26. The van der Waals surface area contributed by atoms with Gasteiger partial charge in [0, 0.05) is 16.7 Å². The number of phenols is 1. The summed E-state index contributed by atoms with van der Waals surface area (Å²) in [6.07, 6.45) is 3.58. The summed E-state index contributed by atoms with van der Waals surface area (Å²) >= 11 is 9.44. The molecule has 1 aromatic carbocycles. The van der Waals surface area contributed by atoms with Gasteiger partial charge in [-0.3, -0.25) is 0 Å². The van der Waals surface area contributed by atoms with Gasteiger partial charge >= 0.3 is 0 Å². The van der Waals surface area contributed by atoms with Crippen molar-refractivity contribution in [2.75, 3.05) is 5.32 Å². The molecule has 2 rings (SSSR count). The lowest BCUT2D eigenvalue weighted by Crippen LogP contribution is -2.16. The van der Waals surface area contributed by atoms with E-state index in [-0.39, 0.29) is 6.04 Å². The number of phenolic OH excluding ortho intramolecular Hbond substituents is 1. The molecule has 1 atom stereocenters. The zero-order valence-corrected chi connectivity index (χ0v) is 13.4. The van der Waals surface area contributed by atoms with Gasteiger partial charge < -0.3 is 10.4 Å². The van der Waals surface area contributed by atoms with Gasteiger partial charge in [-0.15, -0.1) is 0 Å². The molecule has 0 spiro atoms. The zero-order valence-electron chi connectivity index (χ0n) is 11.1. The van der Waals surface area contributed by atoms with E-state index < -0.39 is 0 Å². The van der Waals surface area contributed by atoms with Crippen molar-refractivity contribution in [1.29, 1.82) is 0 Å². The molecule has 0 saturated heterocycles. The largest absolute Gasteiger partial charge is 0.508 e. The van der Waals surface area contributed by atoms with Crippen LogP contribution in [0.4, 0.5) is 5.69 Å². The number of halogens is 2. The van der Waals surface area contributed by atoms with Crippen LogP contribution < -0.4 is 5.32 Å². The monoisotopic (exact) mass is 354 g/mol. The van der Waals surface area contributed by atoms with Crippen LogP contribution in [-0.4, -0.2) is 16.1 Å². The number of pyridine rings is 1. The second kappa shape index (κ2) is 6.95. The first kappa shape index (κ1) is 15.1. The van der Waals surface area contributed by atoms with E-state index in [0.29, 0.717) is 10.9 Å². The molecule has 0 bridgehead atoms. The van der Waals surface area contributed by atoms with Gasteiger partial charge in [-0.25, -0.2) is 4.98 Å². The van der Waals surface area contributed by atoms with Crippen molar-refractivity contribution < 1.29 is 5.11 Å². The number of hydrogen-bond acceptors (Lipinski definition) is 3. The fraction of sp³-hybridized carbons (Fsp3) is 0.267. The first-order valence-corrected chi connectivity index (χ1v) is 7.57. The van der Waals surface area contributed by atoms with Crippen LogP contribution in [0.25, 0.3) is 0 Å². The summed E-state index contributed by atoms with van der Waals surface area (Å²) < 4.78 is 0.898. The van der Waals surface area contributed by atoms with Gasteiger partial charge in [0.2, 0.25) is 0 Å². The Bertz CT molecular complexity index is 575. The summed E-state index contributed by atoms with van der Waals surface area (Å²) in [4.78, 5) is 4.09. The first-order valence-electron chi connectivity index (χ1n) is 6.40. The van der Waals surface area contributed by atoms with E-state index in [1.165, 1.54) is 5.56 Å². The lowest BCUT2D eigenvalue weighted by Gasteiger charge is -2.16. The van der Waals surface area contributed by atoms with E-state index in [2.05, 4.69) is 33.2 Å². The van der Waals surface area contributed by atoms with Crippen LogP contribution in [0, 0.1) is 0 Å². The van der Waals surface area contributed by atoms with Crippen LogP contribution in [0.5, 0.6) is 5.75 Å². The highest BCUT2D eigenvalue weighted by Crippen LogP contribution is 2.24. The van der Waals surface area contributed by atoms with Gasteiger partial charge in [-0.05, 0) is 59.5 Å². The molecule has 0 aliphatic carbocycles. The summed E-state index contributed by atoms with van der Waals surface area (Å²) in [5.74, 6) is 0.298. The smallest absolute Gasteiger partial charge is 0.152 e. The predicted molar refractivity (Wildman–Crippen MR) is 86.5 cm³/mol. The van der Waals surface area contributed by atoms with Crippen molar-refractivity contribution in [3.63, 3.8) is 0 Å². The van der Waals surface area contributed by atoms with Gasteiger partial charge in [0.1, 0.15) is 5.75 Å². The first-order chi connectivity index (χ1) is 9.54. The van der Waals surface area contributed by atoms with E-state index in [9.17, 15) is 5.11 Å². The maximum absolute atomic E-state index is 9.25. The Balaban J connectivity index is 1.90. The predicted octanol–water partition coefficient (Wildman–Crippen LogP) is 4.64. The molecule has 0 aliphatic rings. The van der Waals surface area contributed by atoms with E-state index in [4.69, 9.17) is 11.6 Å². The summed E-state index contributed by atoms with van der Waals surface area (Å²) in [6.45, 7) is 2.11. The van der Waals surface area contributed by atoms with E-state index in [0.717, 1.165) is 23.0 Å². The van der Waals surface area contributed by atoms with Crippen molar-refractivity contribution >= 4 is 33.2 Å². The fourth-order valence-electron chi connectivity index (χ4n) is 1.91. The molecule has 1 heterocycles. The number of aryl methyl sites for hydroxylation is 1. The Morgan fingerprint density at radius 3 is 2.75 bits per heavy atom. The lowest BCUT2D eigenvalue weighted by molar-refractivity contribution is 0.475. The average Bonchev–Trinajstić information content (AvgIpc) is 2.42. The molecule has 2 N–H and O–H groups in total. The number of benzene rings is 1. The van der Waals surface area contributed by atoms with Crippen LogP contribution in [0.2, 0.25) is 5.15 Å². The molecule has 0 radical (unpaired) electrons. The number of aromatic nitrogens is 1. The molecule has 5 heteroatoms. The van der Waals surface area contributed by atoms with Crippen LogP contribution in [0.1, 0.15) is 18.9 Å². The van der Waals surface area contributed by atoms with Gasteiger partial charge in [-0.1, -0.05) is 23.7 Å². The second-order valence-electron chi connectivity index (χ2n) is 4.74. The highest BCUT2D eigenvalue weighted by molar-refractivity contribution is 9.10. The van der Waals surface area contributed by atoms with Crippen LogP contribution >= 0.6 is 27.5 Å². The molecule has 0 fully saturated rings. The van der Waals surface area contributed by atoms with E-state index in [1.54, 1.807) is 18.3 Å². The topological polar surface area (TPSA) is 45.1 Å².